The first-order chi connectivity index (χ1) is 13.0. The first-order valence-corrected chi connectivity index (χ1v) is 8.52. The molecule has 3 aromatic carbocycles. The number of rotatable bonds is 6. The van der Waals surface area contributed by atoms with Crippen molar-refractivity contribution in [3.05, 3.63) is 94.5 Å². The fourth-order valence-electron chi connectivity index (χ4n) is 2.41. The monoisotopic (exact) mass is 381 g/mol. The zero-order valence-corrected chi connectivity index (χ0v) is 14.9. The van der Waals surface area contributed by atoms with Gasteiger partial charge in [-0.25, -0.2) is 4.79 Å². The van der Waals surface area contributed by atoms with Crippen LogP contribution in [0.25, 0.3) is 0 Å². The van der Waals surface area contributed by atoms with E-state index < -0.39 is 5.97 Å². The van der Waals surface area contributed by atoms with E-state index in [0.717, 1.165) is 5.56 Å². The van der Waals surface area contributed by atoms with Gasteiger partial charge in [-0.2, -0.15) is 0 Å². The number of carbonyl (C=O) groups is 2. The lowest BCUT2D eigenvalue weighted by Gasteiger charge is -2.13. The first kappa shape index (κ1) is 18.5. The molecule has 27 heavy (non-hydrogen) atoms. The van der Waals surface area contributed by atoms with Crippen LogP contribution >= 0.6 is 11.6 Å². The highest BCUT2D eigenvalue weighted by Crippen LogP contribution is 2.29. The Balaban J connectivity index is 1.74. The second-order valence-electron chi connectivity index (χ2n) is 5.75. The van der Waals surface area contributed by atoms with Gasteiger partial charge in [-0.15, -0.1) is 0 Å². The molecule has 0 atom stereocenters. The Morgan fingerprint density at radius 3 is 2.30 bits per heavy atom. The molecule has 3 rings (SSSR count). The highest BCUT2D eigenvalue weighted by atomic mass is 35.5. The highest BCUT2D eigenvalue weighted by Gasteiger charge is 2.11. The molecule has 0 unspecified atom stereocenters. The zero-order valence-electron chi connectivity index (χ0n) is 14.2. The highest BCUT2D eigenvalue weighted by molar-refractivity contribution is 6.30. The van der Waals surface area contributed by atoms with Crippen LogP contribution in [0.3, 0.4) is 0 Å². The number of carboxylic acid groups (broad SMARTS) is 1. The quantitative estimate of drug-likeness (QED) is 0.638. The van der Waals surface area contributed by atoms with E-state index in [1.807, 2.05) is 6.07 Å². The molecule has 0 radical (unpaired) electrons. The molecule has 5 nitrogen and oxygen atoms in total. The van der Waals surface area contributed by atoms with Gasteiger partial charge in [-0.3, -0.25) is 4.79 Å². The van der Waals surface area contributed by atoms with Crippen molar-refractivity contribution in [1.29, 1.82) is 0 Å². The van der Waals surface area contributed by atoms with E-state index >= 15 is 0 Å². The number of halogens is 1. The molecule has 0 saturated heterocycles. The minimum absolute atomic E-state index is 0.203. The SMILES string of the molecule is O=C(O)c1ccc(COc2cc(Cl)ccc2NC(=O)c2ccccc2)cc1. The molecular weight excluding hydrogens is 366 g/mol. The van der Waals surface area contributed by atoms with E-state index in [1.54, 1.807) is 54.6 Å². The van der Waals surface area contributed by atoms with Crippen molar-refractivity contribution in [1.82, 2.24) is 0 Å². The number of carbonyl (C=O) groups excluding carboxylic acids is 1. The zero-order chi connectivity index (χ0) is 19.2. The largest absolute Gasteiger partial charge is 0.487 e. The van der Waals surface area contributed by atoms with E-state index in [2.05, 4.69) is 5.32 Å². The fourth-order valence-corrected chi connectivity index (χ4v) is 2.57. The second-order valence-corrected chi connectivity index (χ2v) is 6.19. The predicted octanol–water partition coefficient (Wildman–Crippen LogP) is 4.87. The molecule has 0 saturated carbocycles. The molecule has 1 amide bonds. The standard InChI is InChI=1S/C21H16ClNO4/c22-17-10-11-18(23-20(24)15-4-2-1-3-5-15)19(12-17)27-13-14-6-8-16(9-7-14)21(25)26/h1-12H,13H2,(H,23,24)(H,25,26). The van der Waals surface area contributed by atoms with Crippen molar-refractivity contribution in [2.45, 2.75) is 6.61 Å². The summed E-state index contributed by atoms with van der Waals surface area (Å²) in [6, 6.07) is 20.2. The Kier molecular flexibility index (Phi) is 5.74. The summed E-state index contributed by atoms with van der Waals surface area (Å²) in [5.74, 6) is -0.814. The molecule has 0 aliphatic rings. The molecule has 2 N–H and O–H groups in total. The van der Waals surface area contributed by atoms with E-state index in [4.69, 9.17) is 21.4 Å². The van der Waals surface area contributed by atoms with Gasteiger partial charge in [-0.1, -0.05) is 41.9 Å². The van der Waals surface area contributed by atoms with Gasteiger partial charge < -0.3 is 15.2 Å². The van der Waals surface area contributed by atoms with E-state index in [9.17, 15) is 9.59 Å². The first-order valence-electron chi connectivity index (χ1n) is 8.14. The molecule has 0 bridgehead atoms. The van der Waals surface area contributed by atoms with E-state index in [-0.39, 0.29) is 18.1 Å². The van der Waals surface area contributed by atoms with Crippen molar-refractivity contribution in [2.75, 3.05) is 5.32 Å². The molecule has 0 aliphatic heterocycles. The summed E-state index contributed by atoms with van der Waals surface area (Å²) >= 11 is 6.05. The van der Waals surface area contributed by atoms with Crippen molar-refractivity contribution in [3.63, 3.8) is 0 Å². The van der Waals surface area contributed by atoms with Crippen molar-refractivity contribution < 1.29 is 19.4 Å². The Morgan fingerprint density at radius 1 is 0.926 bits per heavy atom. The fraction of sp³-hybridized carbons (Fsp3) is 0.0476. The predicted molar refractivity (Wildman–Crippen MR) is 104 cm³/mol. The number of benzene rings is 3. The molecule has 0 aromatic heterocycles. The van der Waals surface area contributed by atoms with E-state index in [1.165, 1.54) is 12.1 Å². The van der Waals surface area contributed by atoms with Crippen LogP contribution in [0.15, 0.2) is 72.8 Å². The molecular formula is C21H16ClNO4. The summed E-state index contributed by atoms with van der Waals surface area (Å²) in [7, 11) is 0. The van der Waals surface area contributed by atoms with Crippen LogP contribution in [0, 0.1) is 0 Å². The van der Waals surface area contributed by atoms with Gasteiger partial charge in [0.2, 0.25) is 0 Å². The topological polar surface area (TPSA) is 75.6 Å². The minimum atomic E-state index is -0.983. The number of hydrogen-bond donors (Lipinski definition) is 2. The van der Waals surface area contributed by atoms with Crippen molar-refractivity contribution in [3.8, 4) is 5.75 Å². The molecule has 6 heteroatoms. The van der Waals surface area contributed by atoms with Crippen LogP contribution < -0.4 is 10.1 Å². The summed E-state index contributed by atoms with van der Waals surface area (Å²) in [5.41, 5.74) is 2.02. The van der Waals surface area contributed by atoms with Crippen molar-refractivity contribution in [2.24, 2.45) is 0 Å². The molecule has 0 fully saturated rings. The minimum Gasteiger partial charge on any atom is -0.487 e. The summed E-state index contributed by atoms with van der Waals surface area (Å²) in [6.45, 7) is 0.203. The Hall–Kier alpha value is -3.31. The lowest BCUT2D eigenvalue weighted by molar-refractivity contribution is 0.0696. The Bertz CT molecular complexity index is 956. The number of hydrogen-bond acceptors (Lipinski definition) is 3. The normalized spacial score (nSPS) is 10.3. The van der Waals surface area contributed by atoms with Crippen LogP contribution in [-0.2, 0) is 6.61 Å². The lowest BCUT2D eigenvalue weighted by Crippen LogP contribution is -2.12. The maximum absolute atomic E-state index is 12.4. The molecule has 3 aromatic rings. The van der Waals surface area contributed by atoms with Gasteiger partial charge >= 0.3 is 5.97 Å². The van der Waals surface area contributed by atoms with Gasteiger partial charge in [0.05, 0.1) is 11.3 Å². The second kappa shape index (κ2) is 8.38. The third-order valence-corrected chi connectivity index (χ3v) is 4.06. The summed E-state index contributed by atoms with van der Waals surface area (Å²) in [4.78, 5) is 23.3. The van der Waals surface area contributed by atoms with Gasteiger partial charge in [0.1, 0.15) is 12.4 Å². The van der Waals surface area contributed by atoms with Gasteiger partial charge in [0, 0.05) is 16.7 Å². The number of anilines is 1. The average Bonchev–Trinajstić information content (AvgIpc) is 2.69. The number of amides is 1. The van der Waals surface area contributed by atoms with Gasteiger partial charge in [0.25, 0.3) is 5.91 Å². The van der Waals surface area contributed by atoms with Crippen molar-refractivity contribution >= 4 is 29.2 Å². The lowest BCUT2D eigenvalue weighted by atomic mass is 10.1. The molecule has 136 valence electrons. The third-order valence-electron chi connectivity index (χ3n) is 3.82. The maximum Gasteiger partial charge on any atom is 0.335 e. The van der Waals surface area contributed by atoms with Crippen LogP contribution in [0.5, 0.6) is 5.75 Å². The molecule has 0 aliphatic carbocycles. The summed E-state index contributed by atoms with van der Waals surface area (Å²) < 4.78 is 5.79. The number of ether oxygens (including phenoxy) is 1. The number of carboxylic acids is 1. The third kappa shape index (κ3) is 4.86. The maximum atomic E-state index is 12.4. The number of nitrogens with one attached hydrogen (secondary N) is 1. The summed E-state index contributed by atoms with van der Waals surface area (Å²) in [5, 5.41) is 12.2. The number of aromatic carboxylic acids is 1. The van der Waals surface area contributed by atoms with Gasteiger partial charge in [0.15, 0.2) is 0 Å². The summed E-state index contributed by atoms with van der Waals surface area (Å²) in [6.07, 6.45) is 0. The Morgan fingerprint density at radius 2 is 1.63 bits per heavy atom. The average molecular weight is 382 g/mol. The molecule has 0 spiro atoms. The van der Waals surface area contributed by atoms with Crippen LogP contribution in [0.2, 0.25) is 5.02 Å². The Labute approximate surface area is 161 Å². The molecule has 0 heterocycles. The smallest absolute Gasteiger partial charge is 0.335 e. The van der Waals surface area contributed by atoms with Gasteiger partial charge in [-0.05, 0) is 42.0 Å². The van der Waals surface area contributed by atoms with Crippen LogP contribution in [0.4, 0.5) is 5.69 Å². The van der Waals surface area contributed by atoms with E-state index in [0.29, 0.717) is 22.0 Å². The van der Waals surface area contributed by atoms with Crippen LogP contribution in [0.1, 0.15) is 26.3 Å². The van der Waals surface area contributed by atoms with Crippen LogP contribution in [-0.4, -0.2) is 17.0 Å².